The quantitative estimate of drug-likeness (QED) is 0.163. The minimum Gasteiger partial charge on any atom is -0.326 e. The molecule has 55 heavy (non-hydrogen) atoms. The Balaban J connectivity index is 1.35. The summed E-state index contributed by atoms with van der Waals surface area (Å²) in [5.74, 6) is -42.6. The van der Waals surface area contributed by atoms with Crippen LogP contribution in [-0.4, -0.2) is 51.8 Å². The summed E-state index contributed by atoms with van der Waals surface area (Å²) in [6.45, 7) is 0. The van der Waals surface area contributed by atoms with Crippen LogP contribution in [0, 0.1) is 23.4 Å². The average molecular weight is 871 g/mol. The van der Waals surface area contributed by atoms with E-state index in [9.17, 15) is 75.8 Å². The van der Waals surface area contributed by atoms with Gasteiger partial charge in [-0.05, 0) is 48.0 Å². The van der Waals surface area contributed by atoms with E-state index < -0.39 is 115 Å². The first-order valence-electron chi connectivity index (χ1n) is 14.3. The van der Waals surface area contributed by atoms with Crippen LogP contribution in [-0.2, 0) is 20.5 Å². The second kappa shape index (κ2) is 13.2. The van der Waals surface area contributed by atoms with Crippen LogP contribution in [0.5, 0.6) is 0 Å². The number of hydrogen-bond acceptors (Lipinski definition) is 4. The van der Waals surface area contributed by atoms with Crippen LogP contribution in [0.4, 0.5) is 82.9 Å². The monoisotopic (exact) mass is 869 g/mol. The minimum atomic E-state index is -7.32. The molecule has 298 valence electrons. The molecular weight excluding hydrogens is 858 g/mol. The van der Waals surface area contributed by atoms with E-state index in [1.54, 1.807) is 5.32 Å². The van der Waals surface area contributed by atoms with E-state index in [-0.39, 0.29) is 17.3 Å². The predicted molar refractivity (Wildman–Crippen MR) is 160 cm³/mol. The Kier molecular flexibility index (Phi) is 10.1. The summed E-state index contributed by atoms with van der Waals surface area (Å²) in [6.07, 6.45) is -11.9. The molecule has 1 unspecified atom stereocenters. The van der Waals surface area contributed by atoms with Crippen LogP contribution in [0.1, 0.15) is 27.4 Å². The van der Waals surface area contributed by atoms with Crippen LogP contribution in [0.25, 0.3) is 0 Å². The van der Waals surface area contributed by atoms with Crippen molar-refractivity contribution < 1.29 is 85.0 Å². The van der Waals surface area contributed by atoms with E-state index in [2.05, 4.69) is 10.1 Å². The summed E-state index contributed by atoms with van der Waals surface area (Å²) in [4.78, 5) is 38.3. The van der Waals surface area contributed by atoms with Crippen LogP contribution in [0.15, 0.2) is 48.5 Å². The summed E-state index contributed by atoms with van der Waals surface area (Å²) < 4.78 is 208. The van der Waals surface area contributed by atoms with Gasteiger partial charge in [-0.15, -0.1) is 23.2 Å². The molecule has 0 bridgehead atoms. The van der Waals surface area contributed by atoms with Crippen LogP contribution in [0.3, 0.4) is 0 Å². The van der Waals surface area contributed by atoms with Crippen molar-refractivity contribution in [3.8, 4) is 0 Å². The molecule has 5 rings (SSSR count). The Morgan fingerprint density at radius 1 is 0.727 bits per heavy atom. The highest BCUT2D eigenvalue weighted by Crippen LogP contribution is 2.66. The molecule has 7 nitrogen and oxygen atoms in total. The highest BCUT2D eigenvalue weighted by molar-refractivity contribution is 6.53. The van der Waals surface area contributed by atoms with Gasteiger partial charge in [-0.25, -0.2) is 13.2 Å². The molecule has 0 spiro atoms. The molecule has 1 saturated carbocycles. The molecule has 1 aliphatic heterocycles. The summed E-state index contributed by atoms with van der Waals surface area (Å²) in [5, 5.41) is 4.08. The number of anilines is 3. The Labute approximate surface area is 310 Å². The van der Waals surface area contributed by atoms with Crippen molar-refractivity contribution in [1.82, 2.24) is 0 Å². The Hall–Kier alpha value is -4.15. The lowest BCUT2D eigenvalue weighted by Crippen LogP contribution is -2.78. The van der Waals surface area contributed by atoms with Crippen molar-refractivity contribution in [2.24, 2.45) is 5.92 Å². The molecule has 0 radical (unpaired) electrons. The first-order chi connectivity index (χ1) is 24.9. The molecule has 3 aromatic carbocycles. The fourth-order valence-corrected chi connectivity index (χ4v) is 6.27. The second-order valence-electron chi connectivity index (χ2n) is 11.7. The summed E-state index contributed by atoms with van der Waals surface area (Å²) >= 11 is 18.3. The molecule has 25 heteroatoms. The number of carbonyl (C=O) groups is 3. The highest BCUT2D eigenvalue weighted by atomic mass is 35.5. The zero-order valence-electron chi connectivity index (χ0n) is 25.7. The molecule has 1 aliphatic carbocycles. The van der Waals surface area contributed by atoms with Crippen molar-refractivity contribution in [2.45, 2.75) is 46.2 Å². The van der Waals surface area contributed by atoms with Crippen molar-refractivity contribution in [3.63, 3.8) is 0 Å². The summed E-state index contributed by atoms with van der Waals surface area (Å²) in [6, 6.07) is 5.09. The van der Waals surface area contributed by atoms with Gasteiger partial charge in [-0.2, -0.15) is 52.7 Å². The first kappa shape index (κ1) is 42.0. The maximum atomic E-state index is 15.3. The molecule has 2 fully saturated rings. The van der Waals surface area contributed by atoms with E-state index >= 15 is 4.39 Å². The molecule has 0 aromatic heterocycles. The molecular formula is C30H13Cl3F15N3O4. The van der Waals surface area contributed by atoms with Crippen LogP contribution >= 0.6 is 34.8 Å². The number of hydrogen-bond donors (Lipinski definition) is 3. The van der Waals surface area contributed by atoms with Crippen LogP contribution < -0.4 is 16.0 Å². The van der Waals surface area contributed by atoms with Crippen molar-refractivity contribution in [2.75, 3.05) is 16.0 Å². The lowest BCUT2D eigenvalue weighted by molar-refractivity contribution is -0.523. The fourth-order valence-electron chi connectivity index (χ4n) is 5.24. The molecule has 3 atom stereocenters. The maximum absolute atomic E-state index is 15.3. The number of ether oxygens (including phenoxy) is 1. The van der Waals surface area contributed by atoms with E-state index in [1.165, 1.54) is 0 Å². The van der Waals surface area contributed by atoms with Crippen molar-refractivity contribution in [1.29, 1.82) is 0 Å². The largest absolute Gasteiger partial charge is 0.429 e. The molecule has 3 aromatic rings. The number of halogens is 18. The SMILES string of the molecule is O=C(Nc1ccc(F)c(NC(=O)C2(F)OC(F)(F)C(F)(F)C(F)(F)C2(F)F)c1F)c1cc(NC(=O)[C@H]2[C@H](c3ccc(F)c(C(F)(F)F)c3)C2(Cl)Cl)ccc1Cl. The van der Waals surface area contributed by atoms with Gasteiger partial charge in [0.15, 0.2) is 5.82 Å². The Morgan fingerprint density at radius 2 is 1.33 bits per heavy atom. The van der Waals surface area contributed by atoms with E-state index in [0.29, 0.717) is 23.5 Å². The van der Waals surface area contributed by atoms with E-state index in [0.717, 1.165) is 24.3 Å². The zero-order chi connectivity index (χ0) is 41.6. The smallest absolute Gasteiger partial charge is 0.326 e. The number of nitrogens with one attached hydrogen (secondary N) is 3. The highest BCUT2D eigenvalue weighted by Gasteiger charge is 2.94. The standard InChI is InChI=1S/C30H13Cl3F15N3O4/c31-13-3-2-10(49-22(53)18-17(24(18,32)33)9-1-4-14(34)12(7-9)26(38,39)40)8-11(13)21(52)50-16-6-5-15(35)20(19(16)36)51-23(54)25(37)27(41,42)28(43,44)29(45,46)30(47,48)55-25/h1-8,17-18H,(H,49,53)(H,50,52)(H,51,54)/t17-,18+,25?/m0/s1. The predicted octanol–water partition coefficient (Wildman–Crippen LogP) is 9.69. The van der Waals surface area contributed by atoms with Crippen LogP contribution in [0.2, 0.25) is 5.02 Å². The topological polar surface area (TPSA) is 96.5 Å². The maximum Gasteiger partial charge on any atom is 0.429 e. The Bertz CT molecular complexity index is 2120. The molecule has 1 saturated heterocycles. The van der Waals surface area contributed by atoms with E-state index in [1.807, 2.05) is 0 Å². The minimum absolute atomic E-state index is 0.129. The Morgan fingerprint density at radius 3 is 1.93 bits per heavy atom. The van der Waals surface area contributed by atoms with E-state index in [4.69, 9.17) is 34.8 Å². The number of carbonyl (C=O) groups excluding carboxylic acids is 3. The number of amides is 3. The number of alkyl halides is 14. The lowest BCUT2D eigenvalue weighted by atomic mass is 9.92. The molecule has 3 N–H and O–H groups in total. The second-order valence-corrected chi connectivity index (χ2v) is 13.5. The van der Waals surface area contributed by atoms with Gasteiger partial charge < -0.3 is 16.0 Å². The van der Waals surface area contributed by atoms with Gasteiger partial charge in [-0.1, -0.05) is 17.7 Å². The van der Waals surface area contributed by atoms with Gasteiger partial charge in [-0.3, -0.25) is 19.1 Å². The molecule has 2 aliphatic rings. The molecule has 3 amide bonds. The van der Waals surface area contributed by atoms with Gasteiger partial charge in [0.1, 0.15) is 21.7 Å². The summed E-state index contributed by atoms with van der Waals surface area (Å²) in [5.41, 5.74) is -6.24. The van der Waals surface area contributed by atoms with Gasteiger partial charge in [0, 0.05) is 11.6 Å². The third-order valence-electron chi connectivity index (χ3n) is 8.17. The first-order valence-corrected chi connectivity index (χ1v) is 15.4. The lowest BCUT2D eigenvalue weighted by Gasteiger charge is -2.46. The summed E-state index contributed by atoms with van der Waals surface area (Å²) in [7, 11) is 0. The normalized spacial score (nSPS) is 24.4. The van der Waals surface area contributed by atoms with Gasteiger partial charge in [0.25, 0.3) is 11.8 Å². The van der Waals surface area contributed by atoms with Gasteiger partial charge in [0.05, 0.1) is 27.8 Å². The molecule has 1 heterocycles. The van der Waals surface area contributed by atoms with Crippen molar-refractivity contribution >= 4 is 69.6 Å². The number of rotatable bonds is 7. The zero-order valence-corrected chi connectivity index (χ0v) is 28.0. The fraction of sp³-hybridized carbons (Fsp3) is 0.300. The third kappa shape index (κ3) is 6.67. The van der Waals surface area contributed by atoms with Gasteiger partial charge >= 0.3 is 35.9 Å². The van der Waals surface area contributed by atoms with Crippen molar-refractivity contribution in [3.05, 3.63) is 87.7 Å². The van der Waals surface area contributed by atoms with Gasteiger partial charge in [0.2, 0.25) is 5.91 Å². The average Bonchev–Trinajstić information content (AvgIpc) is 3.64. The number of benzene rings is 3. The third-order valence-corrected chi connectivity index (χ3v) is 9.44.